The van der Waals surface area contributed by atoms with Crippen LogP contribution in [0.4, 0.5) is 13.2 Å². The fourth-order valence-corrected chi connectivity index (χ4v) is 3.81. The molecule has 4 nitrogen and oxygen atoms in total. The Morgan fingerprint density at radius 1 is 1.17 bits per heavy atom. The maximum absolute atomic E-state index is 13.1. The molecule has 150 valence electrons. The van der Waals surface area contributed by atoms with Crippen molar-refractivity contribution in [3.05, 3.63) is 76.5 Å². The van der Waals surface area contributed by atoms with E-state index in [1.807, 2.05) is 24.3 Å². The lowest BCUT2D eigenvalue weighted by molar-refractivity contribution is -0.137. The van der Waals surface area contributed by atoms with Crippen LogP contribution in [0.15, 0.2) is 53.1 Å². The molecule has 1 unspecified atom stereocenters. The lowest BCUT2D eigenvalue weighted by atomic mass is 9.87. The van der Waals surface area contributed by atoms with Crippen LogP contribution in [0.25, 0.3) is 11.3 Å². The SMILES string of the molecule is Cc1noc(-c2cccc(C(F)(F)F)c2)c1C(=O)NC1CCCc2ccccc21. The number of alkyl halides is 3. The van der Waals surface area contributed by atoms with E-state index in [0.717, 1.165) is 37.0 Å². The Labute approximate surface area is 165 Å². The second-order valence-electron chi connectivity index (χ2n) is 7.17. The van der Waals surface area contributed by atoms with Gasteiger partial charge in [-0.1, -0.05) is 41.6 Å². The highest BCUT2D eigenvalue weighted by Crippen LogP contribution is 2.35. The van der Waals surface area contributed by atoms with Crippen molar-refractivity contribution in [1.29, 1.82) is 0 Å². The fourth-order valence-electron chi connectivity index (χ4n) is 3.81. The Morgan fingerprint density at radius 2 is 1.97 bits per heavy atom. The Kier molecular flexibility index (Phi) is 4.90. The van der Waals surface area contributed by atoms with Gasteiger partial charge in [0.1, 0.15) is 5.56 Å². The summed E-state index contributed by atoms with van der Waals surface area (Å²) in [6, 6.07) is 12.5. The van der Waals surface area contributed by atoms with Crippen molar-refractivity contribution in [3.8, 4) is 11.3 Å². The van der Waals surface area contributed by atoms with E-state index in [2.05, 4.69) is 10.5 Å². The minimum atomic E-state index is -4.49. The van der Waals surface area contributed by atoms with Gasteiger partial charge in [-0.05, 0) is 49.4 Å². The van der Waals surface area contributed by atoms with Crippen molar-refractivity contribution in [2.45, 2.75) is 38.4 Å². The van der Waals surface area contributed by atoms with Crippen molar-refractivity contribution < 1.29 is 22.5 Å². The lowest BCUT2D eigenvalue weighted by Gasteiger charge is -2.26. The van der Waals surface area contributed by atoms with E-state index in [-0.39, 0.29) is 22.9 Å². The summed E-state index contributed by atoms with van der Waals surface area (Å²) in [5, 5.41) is 6.84. The average molecular weight is 400 g/mol. The predicted octanol–water partition coefficient (Wildman–Crippen LogP) is 5.48. The quantitative estimate of drug-likeness (QED) is 0.634. The molecule has 0 bridgehead atoms. The first kappa shape index (κ1) is 19.2. The van der Waals surface area contributed by atoms with Crippen LogP contribution >= 0.6 is 0 Å². The smallest absolute Gasteiger partial charge is 0.355 e. The number of rotatable bonds is 3. The normalized spacial score (nSPS) is 16.3. The molecule has 0 radical (unpaired) electrons. The molecule has 1 aliphatic carbocycles. The molecule has 7 heteroatoms. The van der Waals surface area contributed by atoms with Gasteiger partial charge in [0.25, 0.3) is 5.91 Å². The highest BCUT2D eigenvalue weighted by atomic mass is 19.4. The second kappa shape index (κ2) is 7.39. The van der Waals surface area contributed by atoms with Gasteiger partial charge in [-0.15, -0.1) is 0 Å². The molecule has 0 fully saturated rings. The van der Waals surface area contributed by atoms with Crippen LogP contribution in [0.2, 0.25) is 0 Å². The minimum absolute atomic E-state index is 0.0372. The molecule has 0 saturated carbocycles. The van der Waals surface area contributed by atoms with Crippen LogP contribution < -0.4 is 5.32 Å². The van der Waals surface area contributed by atoms with Gasteiger partial charge in [0.2, 0.25) is 0 Å². The minimum Gasteiger partial charge on any atom is -0.355 e. The summed E-state index contributed by atoms with van der Waals surface area (Å²) in [7, 11) is 0. The average Bonchev–Trinajstić information content (AvgIpc) is 3.09. The lowest BCUT2D eigenvalue weighted by Crippen LogP contribution is -2.31. The molecule has 1 heterocycles. The third kappa shape index (κ3) is 3.77. The van der Waals surface area contributed by atoms with Gasteiger partial charge in [-0.25, -0.2) is 0 Å². The van der Waals surface area contributed by atoms with Gasteiger partial charge in [0.05, 0.1) is 17.3 Å². The van der Waals surface area contributed by atoms with Gasteiger partial charge in [0, 0.05) is 5.56 Å². The number of benzene rings is 2. The first-order valence-electron chi connectivity index (χ1n) is 9.37. The molecular weight excluding hydrogens is 381 g/mol. The first-order valence-corrected chi connectivity index (χ1v) is 9.37. The zero-order valence-electron chi connectivity index (χ0n) is 15.7. The van der Waals surface area contributed by atoms with Crippen LogP contribution in [-0.4, -0.2) is 11.1 Å². The molecule has 1 aliphatic rings. The monoisotopic (exact) mass is 400 g/mol. The van der Waals surface area contributed by atoms with Crippen molar-refractivity contribution in [2.24, 2.45) is 0 Å². The Hall–Kier alpha value is -3.09. The topological polar surface area (TPSA) is 55.1 Å². The highest BCUT2D eigenvalue weighted by molar-refractivity contribution is 6.00. The number of halogens is 3. The number of nitrogens with one attached hydrogen (secondary N) is 1. The maximum atomic E-state index is 13.1. The van der Waals surface area contributed by atoms with E-state index < -0.39 is 17.6 Å². The number of carbonyl (C=O) groups is 1. The van der Waals surface area contributed by atoms with Crippen molar-refractivity contribution in [2.75, 3.05) is 0 Å². The van der Waals surface area contributed by atoms with Crippen molar-refractivity contribution in [1.82, 2.24) is 10.5 Å². The summed E-state index contributed by atoms with van der Waals surface area (Å²) in [5.41, 5.74) is 2.11. The zero-order valence-corrected chi connectivity index (χ0v) is 15.7. The molecule has 1 N–H and O–H groups in total. The molecule has 1 aromatic heterocycles. The first-order chi connectivity index (χ1) is 13.8. The molecule has 0 aliphatic heterocycles. The molecule has 29 heavy (non-hydrogen) atoms. The Bertz CT molecular complexity index is 1060. The van der Waals surface area contributed by atoms with Crippen LogP contribution in [0.1, 0.15) is 51.6 Å². The molecular formula is C22H19F3N2O2. The summed E-state index contributed by atoms with van der Waals surface area (Å²) in [4.78, 5) is 13.0. The summed E-state index contributed by atoms with van der Waals surface area (Å²) in [6.07, 6.45) is -1.78. The summed E-state index contributed by atoms with van der Waals surface area (Å²) in [5.74, 6) is -0.368. The molecule has 4 rings (SSSR count). The number of hydrogen-bond donors (Lipinski definition) is 1. The van der Waals surface area contributed by atoms with Gasteiger partial charge >= 0.3 is 6.18 Å². The molecule has 3 aromatic rings. The number of aryl methyl sites for hydroxylation is 2. The molecule has 0 saturated heterocycles. The number of fused-ring (bicyclic) bond motifs is 1. The van der Waals surface area contributed by atoms with Crippen LogP contribution in [0, 0.1) is 6.92 Å². The van der Waals surface area contributed by atoms with Crippen molar-refractivity contribution >= 4 is 5.91 Å². The highest BCUT2D eigenvalue weighted by Gasteiger charge is 2.32. The van der Waals surface area contributed by atoms with E-state index >= 15 is 0 Å². The molecule has 2 aromatic carbocycles. The fraction of sp³-hybridized carbons (Fsp3) is 0.273. The second-order valence-corrected chi connectivity index (χ2v) is 7.17. The molecule has 0 spiro atoms. The Balaban J connectivity index is 1.66. The number of hydrogen-bond acceptors (Lipinski definition) is 3. The number of aromatic nitrogens is 1. The number of carbonyl (C=O) groups excluding carboxylic acids is 1. The third-order valence-corrected chi connectivity index (χ3v) is 5.22. The van der Waals surface area contributed by atoms with Crippen LogP contribution in [0.3, 0.4) is 0 Å². The van der Waals surface area contributed by atoms with E-state index in [1.165, 1.54) is 17.7 Å². The summed E-state index contributed by atoms with van der Waals surface area (Å²) in [6.45, 7) is 1.60. The predicted molar refractivity (Wildman–Crippen MR) is 101 cm³/mol. The maximum Gasteiger partial charge on any atom is 0.416 e. The largest absolute Gasteiger partial charge is 0.416 e. The molecule has 1 amide bonds. The van der Waals surface area contributed by atoms with Gasteiger partial charge in [-0.2, -0.15) is 13.2 Å². The van der Waals surface area contributed by atoms with Gasteiger partial charge in [0.15, 0.2) is 5.76 Å². The summed E-state index contributed by atoms with van der Waals surface area (Å²) < 4.78 is 44.5. The summed E-state index contributed by atoms with van der Waals surface area (Å²) >= 11 is 0. The van der Waals surface area contributed by atoms with Gasteiger partial charge < -0.3 is 9.84 Å². The van der Waals surface area contributed by atoms with E-state index in [4.69, 9.17) is 4.52 Å². The van der Waals surface area contributed by atoms with E-state index in [9.17, 15) is 18.0 Å². The van der Waals surface area contributed by atoms with Gasteiger partial charge in [-0.3, -0.25) is 4.79 Å². The van der Waals surface area contributed by atoms with Crippen molar-refractivity contribution in [3.63, 3.8) is 0 Å². The number of nitrogens with zero attached hydrogens (tertiary/aromatic N) is 1. The molecule has 1 atom stereocenters. The van der Waals surface area contributed by atoms with E-state index in [0.29, 0.717) is 5.69 Å². The zero-order chi connectivity index (χ0) is 20.6. The standard InChI is InChI=1S/C22H19F3N2O2/c1-13-19(20(29-27-13)15-8-4-9-16(12-15)22(23,24)25)21(28)26-18-11-5-7-14-6-2-3-10-17(14)18/h2-4,6,8-10,12,18H,5,7,11H2,1H3,(H,26,28). The third-order valence-electron chi connectivity index (χ3n) is 5.22. The van der Waals surface area contributed by atoms with Crippen LogP contribution in [0.5, 0.6) is 0 Å². The van der Waals surface area contributed by atoms with E-state index in [1.54, 1.807) is 6.92 Å². The van der Waals surface area contributed by atoms with Crippen LogP contribution in [-0.2, 0) is 12.6 Å². The Morgan fingerprint density at radius 3 is 2.76 bits per heavy atom. The number of amides is 1.